The van der Waals surface area contributed by atoms with Gasteiger partial charge in [0.2, 0.25) is 0 Å². The van der Waals surface area contributed by atoms with Gasteiger partial charge in [0, 0.05) is 5.56 Å². The maximum Gasteiger partial charge on any atom is 0.150 e. The Balaban J connectivity index is 2.91. The second-order valence-electron chi connectivity index (χ2n) is 2.06. The van der Waals surface area contributed by atoms with Crippen molar-refractivity contribution in [1.82, 2.24) is 0 Å². The predicted molar refractivity (Wildman–Crippen MR) is 43.6 cm³/mol. The van der Waals surface area contributed by atoms with Gasteiger partial charge in [0.1, 0.15) is 6.29 Å². The number of nitrogens with two attached hydrogens (primary N) is 1. The summed E-state index contributed by atoms with van der Waals surface area (Å²) in [6.07, 6.45) is 2.32. The Morgan fingerprint density at radius 3 is 2.18 bits per heavy atom. The molecule has 1 rings (SSSR count). The van der Waals surface area contributed by atoms with Gasteiger partial charge in [0.25, 0.3) is 0 Å². The molecule has 0 aliphatic heterocycles. The normalized spacial score (nSPS) is 10.2. The minimum Gasteiger partial charge on any atom is -0.323 e. The molecule has 0 radical (unpaired) electrons. The van der Waals surface area contributed by atoms with E-state index in [0.717, 1.165) is 11.8 Å². The highest BCUT2D eigenvalue weighted by Crippen LogP contribution is 1.98. The number of aldehydes is 1. The molecule has 0 aliphatic carbocycles. The number of carbonyl (C=O) groups excluding carboxylic acids is 1. The van der Waals surface area contributed by atoms with Crippen molar-refractivity contribution in [2.24, 2.45) is 10.9 Å². The van der Waals surface area contributed by atoms with Crippen LogP contribution in [0.1, 0.15) is 15.9 Å². The maximum absolute atomic E-state index is 10.2. The van der Waals surface area contributed by atoms with E-state index in [1.807, 2.05) is 0 Å². The number of nitrogens with zero attached hydrogens (tertiary/aromatic N) is 1. The molecule has 0 atom stereocenters. The summed E-state index contributed by atoms with van der Waals surface area (Å²) in [6.45, 7) is 0. The summed E-state index contributed by atoms with van der Waals surface area (Å²) < 4.78 is 0. The molecule has 0 saturated carbocycles. The Labute approximate surface area is 64.5 Å². The summed E-state index contributed by atoms with van der Waals surface area (Å²) in [5.74, 6) is 4.93. The standard InChI is InChI=1S/C8H8N2O/c9-10-5-7-1-3-8(6-11)4-2-7/h1-6H,9H2/b10-5+. The second-order valence-corrected chi connectivity index (χ2v) is 2.06. The Kier molecular flexibility index (Phi) is 2.38. The van der Waals surface area contributed by atoms with E-state index in [1.54, 1.807) is 24.3 Å². The highest BCUT2D eigenvalue weighted by Gasteiger charge is 1.88. The lowest BCUT2D eigenvalue weighted by molar-refractivity contribution is 0.112. The van der Waals surface area contributed by atoms with Crippen molar-refractivity contribution < 1.29 is 4.79 Å². The first-order valence-corrected chi connectivity index (χ1v) is 3.15. The van der Waals surface area contributed by atoms with E-state index in [2.05, 4.69) is 5.10 Å². The fraction of sp³-hybridized carbons (Fsp3) is 0. The fourth-order valence-corrected chi connectivity index (χ4v) is 0.747. The molecule has 0 aromatic heterocycles. The average Bonchev–Trinajstić information content (AvgIpc) is 2.07. The minimum atomic E-state index is 0.652. The van der Waals surface area contributed by atoms with Gasteiger partial charge < -0.3 is 5.84 Å². The van der Waals surface area contributed by atoms with Gasteiger partial charge in [-0.3, -0.25) is 4.79 Å². The summed E-state index contributed by atoms with van der Waals surface area (Å²) in [5, 5.41) is 3.35. The van der Waals surface area contributed by atoms with Gasteiger partial charge in [-0.05, 0) is 5.56 Å². The molecule has 0 spiro atoms. The van der Waals surface area contributed by atoms with Crippen molar-refractivity contribution in [3.63, 3.8) is 0 Å². The zero-order chi connectivity index (χ0) is 8.10. The molecule has 56 valence electrons. The van der Waals surface area contributed by atoms with Crippen molar-refractivity contribution in [1.29, 1.82) is 0 Å². The lowest BCUT2D eigenvalue weighted by atomic mass is 10.2. The van der Waals surface area contributed by atoms with E-state index >= 15 is 0 Å². The highest BCUT2D eigenvalue weighted by atomic mass is 16.1. The Hall–Kier alpha value is -1.64. The quantitative estimate of drug-likeness (QED) is 0.292. The number of hydrogen-bond acceptors (Lipinski definition) is 3. The molecule has 11 heavy (non-hydrogen) atoms. The van der Waals surface area contributed by atoms with Crippen LogP contribution in [-0.2, 0) is 0 Å². The molecule has 0 heterocycles. The van der Waals surface area contributed by atoms with E-state index in [9.17, 15) is 4.79 Å². The Morgan fingerprint density at radius 2 is 1.73 bits per heavy atom. The Bertz CT molecular complexity index is 264. The van der Waals surface area contributed by atoms with Crippen molar-refractivity contribution in [3.8, 4) is 0 Å². The smallest absolute Gasteiger partial charge is 0.150 e. The van der Waals surface area contributed by atoms with Gasteiger partial charge >= 0.3 is 0 Å². The largest absolute Gasteiger partial charge is 0.323 e. The van der Waals surface area contributed by atoms with E-state index in [-0.39, 0.29) is 0 Å². The van der Waals surface area contributed by atoms with E-state index in [1.165, 1.54) is 6.21 Å². The van der Waals surface area contributed by atoms with E-state index in [4.69, 9.17) is 5.84 Å². The molecular weight excluding hydrogens is 140 g/mol. The van der Waals surface area contributed by atoms with Crippen LogP contribution in [0, 0.1) is 0 Å². The summed E-state index contributed by atoms with van der Waals surface area (Å²) in [4.78, 5) is 10.2. The number of hydrazone groups is 1. The third-order valence-corrected chi connectivity index (χ3v) is 1.30. The van der Waals surface area contributed by atoms with Crippen LogP contribution in [0.25, 0.3) is 0 Å². The molecule has 2 N–H and O–H groups in total. The van der Waals surface area contributed by atoms with Crippen LogP contribution in [0.4, 0.5) is 0 Å². The fourth-order valence-electron chi connectivity index (χ4n) is 0.747. The lowest BCUT2D eigenvalue weighted by Crippen LogP contribution is -1.86. The molecule has 1 aromatic rings. The van der Waals surface area contributed by atoms with Gasteiger partial charge in [-0.2, -0.15) is 5.10 Å². The van der Waals surface area contributed by atoms with Crippen LogP contribution in [-0.4, -0.2) is 12.5 Å². The topological polar surface area (TPSA) is 55.4 Å². The molecule has 0 fully saturated rings. The molecule has 0 saturated heterocycles. The maximum atomic E-state index is 10.2. The SMILES string of the molecule is N/N=C/c1ccc(C=O)cc1. The average molecular weight is 148 g/mol. The number of carbonyl (C=O) groups is 1. The van der Waals surface area contributed by atoms with Crippen molar-refractivity contribution in [3.05, 3.63) is 35.4 Å². The first-order valence-electron chi connectivity index (χ1n) is 3.15. The molecule has 3 nitrogen and oxygen atoms in total. The predicted octanol–water partition coefficient (Wildman–Crippen LogP) is 0.792. The van der Waals surface area contributed by atoms with E-state index in [0.29, 0.717) is 5.56 Å². The third kappa shape index (κ3) is 1.89. The summed E-state index contributed by atoms with van der Waals surface area (Å²) in [6, 6.07) is 6.98. The van der Waals surface area contributed by atoms with Crippen LogP contribution < -0.4 is 5.84 Å². The summed E-state index contributed by atoms with van der Waals surface area (Å²) >= 11 is 0. The molecular formula is C8H8N2O. The number of benzene rings is 1. The first kappa shape index (κ1) is 7.47. The van der Waals surface area contributed by atoms with Gasteiger partial charge in [-0.1, -0.05) is 24.3 Å². The zero-order valence-electron chi connectivity index (χ0n) is 5.90. The molecule has 0 unspecified atom stereocenters. The van der Waals surface area contributed by atoms with Crippen molar-refractivity contribution in [2.75, 3.05) is 0 Å². The Morgan fingerprint density at radius 1 is 1.18 bits per heavy atom. The van der Waals surface area contributed by atoms with Gasteiger partial charge in [-0.25, -0.2) is 0 Å². The van der Waals surface area contributed by atoms with Crippen LogP contribution in [0.15, 0.2) is 29.4 Å². The van der Waals surface area contributed by atoms with E-state index < -0.39 is 0 Å². The van der Waals surface area contributed by atoms with Crippen LogP contribution >= 0.6 is 0 Å². The van der Waals surface area contributed by atoms with Gasteiger partial charge in [0.05, 0.1) is 6.21 Å². The molecule has 0 aliphatic rings. The van der Waals surface area contributed by atoms with Crippen LogP contribution in [0.2, 0.25) is 0 Å². The summed E-state index contributed by atoms with van der Waals surface area (Å²) in [5.41, 5.74) is 1.54. The second kappa shape index (κ2) is 3.51. The molecule has 0 amide bonds. The molecule has 0 bridgehead atoms. The highest BCUT2D eigenvalue weighted by molar-refractivity contribution is 5.82. The summed E-state index contributed by atoms with van der Waals surface area (Å²) in [7, 11) is 0. The third-order valence-electron chi connectivity index (χ3n) is 1.30. The van der Waals surface area contributed by atoms with Crippen LogP contribution in [0.3, 0.4) is 0 Å². The first-order chi connectivity index (χ1) is 5.36. The lowest BCUT2D eigenvalue weighted by Gasteiger charge is -1.90. The molecule has 3 heteroatoms. The monoisotopic (exact) mass is 148 g/mol. The van der Waals surface area contributed by atoms with Gasteiger partial charge in [-0.15, -0.1) is 0 Å². The zero-order valence-corrected chi connectivity index (χ0v) is 5.90. The van der Waals surface area contributed by atoms with Crippen molar-refractivity contribution in [2.45, 2.75) is 0 Å². The number of hydrogen-bond donors (Lipinski definition) is 1. The minimum absolute atomic E-state index is 0.652. The van der Waals surface area contributed by atoms with Gasteiger partial charge in [0.15, 0.2) is 0 Å². The number of rotatable bonds is 2. The van der Waals surface area contributed by atoms with Crippen molar-refractivity contribution >= 4 is 12.5 Å². The molecule has 1 aromatic carbocycles. The van der Waals surface area contributed by atoms with Crippen LogP contribution in [0.5, 0.6) is 0 Å².